The lowest BCUT2D eigenvalue weighted by Gasteiger charge is -2.32. The minimum Gasteiger partial charge on any atom is -0.314 e. The number of halogens is 1. The van der Waals surface area contributed by atoms with Crippen molar-refractivity contribution in [2.45, 2.75) is 43.2 Å². The average molecular weight is 359 g/mol. The van der Waals surface area contributed by atoms with Crippen molar-refractivity contribution < 1.29 is 8.42 Å². The van der Waals surface area contributed by atoms with E-state index in [0.29, 0.717) is 10.9 Å². The van der Waals surface area contributed by atoms with Gasteiger partial charge in [-0.1, -0.05) is 12.1 Å². The first kappa shape index (κ1) is 18.7. The molecular formula is C17H27ClN2O2S. The van der Waals surface area contributed by atoms with Crippen molar-refractivity contribution in [3.05, 3.63) is 29.8 Å². The smallest absolute Gasteiger partial charge is 0.175 e. The maximum absolute atomic E-state index is 11.5. The molecule has 1 N–H and O–H groups in total. The minimum absolute atomic E-state index is 0. The number of sulfone groups is 1. The van der Waals surface area contributed by atoms with Gasteiger partial charge in [-0.25, -0.2) is 8.42 Å². The van der Waals surface area contributed by atoms with Crippen LogP contribution in [0.15, 0.2) is 29.2 Å². The highest BCUT2D eigenvalue weighted by Gasteiger charge is 2.24. The van der Waals surface area contributed by atoms with Crippen molar-refractivity contribution in [2.75, 3.05) is 25.9 Å². The number of hydrogen-bond donors (Lipinski definition) is 1. The first-order chi connectivity index (χ1) is 10.5. The van der Waals surface area contributed by atoms with E-state index in [1.807, 2.05) is 12.1 Å². The third-order valence-corrected chi connectivity index (χ3v) is 5.87. The lowest BCUT2D eigenvalue weighted by atomic mass is 10.0. The summed E-state index contributed by atoms with van der Waals surface area (Å²) in [5.41, 5.74) is 1.19. The Kier molecular flexibility index (Phi) is 6.48. The molecule has 1 aromatic carbocycles. The van der Waals surface area contributed by atoms with Gasteiger partial charge in [0.2, 0.25) is 0 Å². The molecule has 0 spiro atoms. The van der Waals surface area contributed by atoms with E-state index in [-0.39, 0.29) is 12.4 Å². The van der Waals surface area contributed by atoms with Crippen LogP contribution < -0.4 is 5.32 Å². The van der Waals surface area contributed by atoms with Gasteiger partial charge in [0, 0.05) is 18.8 Å². The Bertz CT molecular complexity index is 592. The van der Waals surface area contributed by atoms with Crippen molar-refractivity contribution >= 4 is 22.2 Å². The second-order valence-corrected chi connectivity index (χ2v) is 8.83. The van der Waals surface area contributed by atoms with Gasteiger partial charge in [0.1, 0.15) is 0 Å². The molecule has 1 saturated heterocycles. The fourth-order valence-corrected chi connectivity index (χ4v) is 3.68. The summed E-state index contributed by atoms with van der Waals surface area (Å²) in [6.45, 7) is 4.36. The Hall–Kier alpha value is -0.620. The van der Waals surface area contributed by atoms with Gasteiger partial charge < -0.3 is 5.32 Å². The van der Waals surface area contributed by atoms with E-state index in [1.54, 1.807) is 12.1 Å². The van der Waals surface area contributed by atoms with Crippen molar-refractivity contribution in [1.82, 2.24) is 10.2 Å². The summed E-state index contributed by atoms with van der Waals surface area (Å²) in [6.07, 6.45) is 6.51. The number of piperidine rings is 1. The monoisotopic (exact) mass is 358 g/mol. The molecule has 1 aliphatic carbocycles. The zero-order valence-corrected chi connectivity index (χ0v) is 15.3. The van der Waals surface area contributed by atoms with Crippen LogP contribution in [0.5, 0.6) is 0 Å². The molecule has 4 nitrogen and oxygen atoms in total. The largest absolute Gasteiger partial charge is 0.314 e. The lowest BCUT2D eigenvalue weighted by molar-refractivity contribution is 0.190. The van der Waals surface area contributed by atoms with Gasteiger partial charge in [-0.15, -0.1) is 12.4 Å². The van der Waals surface area contributed by atoms with Gasteiger partial charge in [-0.05, 0) is 68.9 Å². The Morgan fingerprint density at radius 1 is 1.09 bits per heavy atom. The molecule has 1 aliphatic heterocycles. The van der Waals surface area contributed by atoms with Crippen LogP contribution in [-0.4, -0.2) is 45.2 Å². The molecule has 0 unspecified atom stereocenters. The number of nitrogens with zero attached hydrogens (tertiary/aromatic N) is 1. The van der Waals surface area contributed by atoms with Crippen molar-refractivity contribution in [2.24, 2.45) is 5.92 Å². The molecule has 1 heterocycles. The topological polar surface area (TPSA) is 49.4 Å². The third-order valence-electron chi connectivity index (χ3n) is 4.74. The Balaban J connectivity index is 0.00000192. The van der Waals surface area contributed by atoms with E-state index >= 15 is 0 Å². The van der Waals surface area contributed by atoms with Crippen LogP contribution in [0.1, 0.15) is 31.2 Å². The van der Waals surface area contributed by atoms with Crippen LogP contribution in [0.3, 0.4) is 0 Å². The molecule has 0 radical (unpaired) electrons. The van der Waals surface area contributed by atoms with Crippen LogP contribution in [0.2, 0.25) is 0 Å². The minimum atomic E-state index is -3.09. The van der Waals surface area contributed by atoms with E-state index in [0.717, 1.165) is 25.6 Å². The number of hydrogen-bond acceptors (Lipinski definition) is 4. The molecule has 3 rings (SSSR count). The number of likely N-dealkylation sites (tertiary alicyclic amines) is 1. The second-order valence-electron chi connectivity index (χ2n) is 6.82. The quantitative estimate of drug-likeness (QED) is 0.848. The average Bonchev–Trinajstić information content (AvgIpc) is 3.30. The van der Waals surface area contributed by atoms with Crippen molar-refractivity contribution in [1.29, 1.82) is 0 Å². The molecule has 0 atom stereocenters. The first-order valence-corrected chi connectivity index (χ1v) is 10.1. The van der Waals surface area contributed by atoms with Gasteiger partial charge in [0.15, 0.2) is 9.84 Å². The van der Waals surface area contributed by atoms with E-state index in [1.165, 1.54) is 44.0 Å². The molecule has 0 amide bonds. The van der Waals surface area contributed by atoms with Crippen LogP contribution >= 0.6 is 12.4 Å². The maximum atomic E-state index is 11.5. The van der Waals surface area contributed by atoms with Crippen molar-refractivity contribution in [3.8, 4) is 0 Å². The summed E-state index contributed by atoms with van der Waals surface area (Å²) in [6, 6.07) is 8.00. The van der Waals surface area contributed by atoms with Gasteiger partial charge >= 0.3 is 0 Å². The fourth-order valence-electron chi connectivity index (χ4n) is 3.05. The molecule has 2 fully saturated rings. The zero-order valence-electron chi connectivity index (χ0n) is 13.7. The van der Waals surface area contributed by atoms with Crippen LogP contribution in [0, 0.1) is 5.92 Å². The molecule has 0 aromatic heterocycles. The molecule has 1 saturated carbocycles. The van der Waals surface area contributed by atoms with E-state index < -0.39 is 9.84 Å². The molecular weight excluding hydrogens is 332 g/mol. The van der Waals surface area contributed by atoms with Gasteiger partial charge in [-0.2, -0.15) is 0 Å². The summed E-state index contributed by atoms with van der Waals surface area (Å²) in [4.78, 5) is 2.87. The van der Waals surface area contributed by atoms with Crippen LogP contribution in [0.4, 0.5) is 0 Å². The SMILES string of the molecule is CS(=O)(=O)c1ccc(CN2CCC(NCC3CC3)CC2)cc1.Cl. The summed E-state index contributed by atoms with van der Waals surface area (Å²) < 4.78 is 22.9. The highest BCUT2D eigenvalue weighted by Crippen LogP contribution is 2.28. The highest BCUT2D eigenvalue weighted by atomic mass is 35.5. The lowest BCUT2D eigenvalue weighted by Crippen LogP contribution is -2.42. The first-order valence-electron chi connectivity index (χ1n) is 8.25. The third kappa shape index (κ3) is 5.75. The van der Waals surface area contributed by atoms with E-state index in [4.69, 9.17) is 0 Å². The Morgan fingerprint density at radius 2 is 1.70 bits per heavy atom. The molecule has 23 heavy (non-hydrogen) atoms. The van der Waals surface area contributed by atoms with Crippen LogP contribution in [0.25, 0.3) is 0 Å². The zero-order chi connectivity index (χ0) is 15.6. The predicted octanol–water partition coefficient (Wildman–Crippen LogP) is 2.48. The molecule has 2 aliphatic rings. The molecule has 1 aromatic rings. The summed E-state index contributed by atoms with van der Waals surface area (Å²) in [7, 11) is -3.09. The van der Waals surface area contributed by atoms with Crippen LogP contribution in [-0.2, 0) is 16.4 Å². The molecule has 0 bridgehead atoms. The summed E-state index contributed by atoms with van der Waals surface area (Å²) >= 11 is 0. The standard InChI is InChI=1S/C17H26N2O2S.ClH/c1-22(20,21)17-6-4-15(5-7-17)13-19-10-8-16(9-11-19)18-12-14-2-3-14;/h4-7,14,16,18H,2-3,8-13H2,1H3;1H. The number of benzene rings is 1. The van der Waals surface area contributed by atoms with Crippen molar-refractivity contribution in [3.63, 3.8) is 0 Å². The van der Waals surface area contributed by atoms with Gasteiger partial charge in [0.25, 0.3) is 0 Å². The maximum Gasteiger partial charge on any atom is 0.175 e. The van der Waals surface area contributed by atoms with Gasteiger partial charge in [-0.3, -0.25) is 4.90 Å². The molecule has 130 valence electrons. The normalized spacial score (nSPS) is 20.2. The number of nitrogens with one attached hydrogen (secondary N) is 1. The van der Waals surface area contributed by atoms with E-state index in [9.17, 15) is 8.42 Å². The van der Waals surface area contributed by atoms with E-state index in [2.05, 4.69) is 10.2 Å². The highest BCUT2D eigenvalue weighted by molar-refractivity contribution is 7.90. The predicted molar refractivity (Wildman–Crippen MR) is 95.8 cm³/mol. The van der Waals surface area contributed by atoms with Gasteiger partial charge in [0.05, 0.1) is 4.90 Å². The number of rotatable bonds is 6. The molecule has 6 heteroatoms. The Labute approximate surface area is 146 Å². The summed E-state index contributed by atoms with van der Waals surface area (Å²) in [5.74, 6) is 0.950. The Morgan fingerprint density at radius 3 is 2.22 bits per heavy atom. The second kappa shape index (κ2) is 7.97. The fraction of sp³-hybridized carbons (Fsp3) is 0.647. The summed E-state index contributed by atoms with van der Waals surface area (Å²) in [5, 5.41) is 3.70.